The predicted molar refractivity (Wildman–Crippen MR) is 106 cm³/mol. The second-order valence-corrected chi connectivity index (χ2v) is 8.75. The van der Waals surface area contributed by atoms with Gasteiger partial charge in [-0.2, -0.15) is 4.31 Å². The molecule has 146 valence electrons. The van der Waals surface area contributed by atoms with Gasteiger partial charge in [0, 0.05) is 44.1 Å². The summed E-state index contributed by atoms with van der Waals surface area (Å²) in [5.74, 6) is 1.02. The summed E-state index contributed by atoms with van der Waals surface area (Å²) in [5.41, 5.74) is 1.86. The lowest BCUT2D eigenvalue weighted by Crippen LogP contribution is -2.38. The molecule has 1 N–H and O–H groups in total. The largest absolute Gasteiger partial charge is 0.339 e. The van der Waals surface area contributed by atoms with Crippen LogP contribution in [0.15, 0.2) is 60.3 Å². The monoisotopic (exact) mass is 398 g/mol. The number of aromatic nitrogens is 4. The van der Waals surface area contributed by atoms with Crippen LogP contribution in [-0.4, -0.2) is 45.3 Å². The minimum absolute atomic E-state index is 0.108. The summed E-state index contributed by atoms with van der Waals surface area (Å²) < 4.78 is 28.5. The van der Waals surface area contributed by atoms with E-state index in [9.17, 15) is 8.42 Å². The molecule has 9 heteroatoms. The molecule has 0 aromatic carbocycles. The van der Waals surface area contributed by atoms with Crippen molar-refractivity contribution in [1.29, 1.82) is 0 Å². The normalized spacial score (nSPS) is 16.2. The first-order chi connectivity index (χ1) is 13.5. The van der Waals surface area contributed by atoms with Gasteiger partial charge in [0.1, 0.15) is 5.82 Å². The third-order valence-electron chi connectivity index (χ3n) is 4.88. The highest BCUT2D eigenvalue weighted by Gasteiger charge is 2.31. The molecule has 1 aliphatic heterocycles. The fourth-order valence-electron chi connectivity index (χ4n) is 3.35. The van der Waals surface area contributed by atoms with E-state index in [0.717, 1.165) is 30.0 Å². The Morgan fingerprint density at radius 2 is 1.89 bits per heavy atom. The van der Waals surface area contributed by atoms with Crippen LogP contribution in [0.3, 0.4) is 0 Å². The molecule has 0 bridgehead atoms. The van der Waals surface area contributed by atoms with Crippen LogP contribution in [0, 0.1) is 0 Å². The lowest BCUT2D eigenvalue weighted by Gasteiger charge is -2.30. The number of nitrogens with one attached hydrogen (secondary N) is 1. The number of pyridine rings is 2. The van der Waals surface area contributed by atoms with Crippen molar-refractivity contribution in [2.24, 2.45) is 7.05 Å². The van der Waals surface area contributed by atoms with Crippen molar-refractivity contribution >= 4 is 21.5 Å². The lowest BCUT2D eigenvalue weighted by molar-refractivity contribution is 0.316. The Kier molecular flexibility index (Phi) is 5.10. The SMILES string of the molecule is Cn1cnc(S(=O)(=O)N2CCC(c3ccc(Nc4ccccn4)cn3)CC2)c1. The Morgan fingerprint density at radius 1 is 1.07 bits per heavy atom. The van der Waals surface area contributed by atoms with Crippen LogP contribution in [0.25, 0.3) is 0 Å². The zero-order chi connectivity index (χ0) is 19.6. The van der Waals surface area contributed by atoms with Gasteiger partial charge in [-0.15, -0.1) is 0 Å². The highest BCUT2D eigenvalue weighted by atomic mass is 32.2. The fourth-order valence-corrected chi connectivity index (χ4v) is 4.79. The van der Waals surface area contributed by atoms with Crippen LogP contribution in [0.1, 0.15) is 24.5 Å². The number of aryl methyl sites for hydroxylation is 1. The van der Waals surface area contributed by atoms with Crippen molar-refractivity contribution in [1.82, 2.24) is 23.8 Å². The zero-order valence-corrected chi connectivity index (χ0v) is 16.4. The van der Waals surface area contributed by atoms with E-state index in [1.165, 1.54) is 16.8 Å². The number of imidazole rings is 1. The first kappa shape index (κ1) is 18.6. The van der Waals surface area contributed by atoms with Gasteiger partial charge in [0.05, 0.1) is 18.2 Å². The summed E-state index contributed by atoms with van der Waals surface area (Å²) in [5, 5.41) is 3.32. The summed E-state index contributed by atoms with van der Waals surface area (Å²) in [6.07, 6.45) is 8.05. The van der Waals surface area contributed by atoms with Crippen molar-refractivity contribution in [3.63, 3.8) is 0 Å². The van der Waals surface area contributed by atoms with Gasteiger partial charge in [0.25, 0.3) is 10.0 Å². The number of anilines is 2. The van der Waals surface area contributed by atoms with Gasteiger partial charge in [-0.25, -0.2) is 18.4 Å². The van der Waals surface area contributed by atoms with Crippen LogP contribution >= 0.6 is 0 Å². The summed E-state index contributed by atoms with van der Waals surface area (Å²) in [6.45, 7) is 0.943. The number of piperidine rings is 1. The molecule has 1 fully saturated rings. The van der Waals surface area contributed by atoms with Crippen LogP contribution in [0.2, 0.25) is 0 Å². The molecule has 3 aromatic heterocycles. The molecule has 4 rings (SSSR count). The molecular weight excluding hydrogens is 376 g/mol. The summed E-state index contributed by atoms with van der Waals surface area (Å²) in [6, 6.07) is 9.66. The van der Waals surface area contributed by atoms with E-state index in [4.69, 9.17) is 0 Å². The molecule has 0 unspecified atom stereocenters. The van der Waals surface area contributed by atoms with E-state index in [1.54, 1.807) is 24.0 Å². The van der Waals surface area contributed by atoms with Crippen LogP contribution in [0.4, 0.5) is 11.5 Å². The van der Waals surface area contributed by atoms with E-state index < -0.39 is 10.0 Å². The third-order valence-corrected chi connectivity index (χ3v) is 6.67. The van der Waals surface area contributed by atoms with E-state index in [2.05, 4.69) is 20.3 Å². The van der Waals surface area contributed by atoms with Gasteiger partial charge in [0.2, 0.25) is 0 Å². The Balaban J connectivity index is 1.38. The summed E-state index contributed by atoms with van der Waals surface area (Å²) in [7, 11) is -1.76. The standard InChI is InChI=1S/C19H22N6O2S/c1-24-13-19(22-14-24)28(26,27)25-10-7-15(8-11-25)17-6-5-16(12-21-17)23-18-4-2-3-9-20-18/h2-6,9,12-15H,7-8,10-11H2,1H3,(H,20,23). The molecule has 28 heavy (non-hydrogen) atoms. The maximum Gasteiger partial charge on any atom is 0.262 e. The third kappa shape index (κ3) is 3.90. The van der Waals surface area contributed by atoms with E-state index in [1.807, 2.05) is 30.3 Å². The second-order valence-electron chi connectivity index (χ2n) is 6.87. The van der Waals surface area contributed by atoms with Crippen LogP contribution in [0.5, 0.6) is 0 Å². The molecule has 0 spiro atoms. The zero-order valence-electron chi connectivity index (χ0n) is 15.6. The van der Waals surface area contributed by atoms with Gasteiger partial charge < -0.3 is 9.88 Å². The van der Waals surface area contributed by atoms with Gasteiger partial charge in [-0.05, 0) is 37.1 Å². The number of sulfonamides is 1. The highest BCUT2D eigenvalue weighted by molar-refractivity contribution is 7.89. The topological polar surface area (TPSA) is 93.0 Å². The van der Waals surface area contributed by atoms with Gasteiger partial charge in [0.15, 0.2) is 5.03 Å². The van der Waals surface area contributed by atoms with Gasteiger partial charge >= 0.3 is 0 Å². The number of hydrogen-bond acceptors (Lipinski definition) is 6. The number of nitrogens with zero attached hydrogens (tertiary/aromatic N) is 5. The van der Waals surface area contributed by atoms with Crippen molar-refractivity contribution in [3.05, 3.63) is 60.9 Å². The van der Waals surface area contributed by atoms with Crippen molar-refractivity contribution in [2.45, 2.75) is 23.8 Å². The minimum atomic E-state index is -3.52. The molecule has 0 radical (unpaired) electrons. The maximum absolute atomic E-state index is 12.7. The molecule has 3 aromatic rings. The Labute approximate surface area is 164 Å². The number of rotatable bonds is 5. The molecule has 0 aliphatic carbocycles. The quantitative estimate of drug-likeness (QED) is 0.710. The lowest BCUT2D eigenvalue weighted by atomic mass is 9.94. The summed E-state index contributed by atoms with van der Waals surface area (Å²) in [4.78, 5) is 12.8. The van der Waals surface area contributed by atoms with E-state index in [0.29, 0.717) is 13.1 Å². The molecule has 0 amide bonds. The van der Waals surface area contributed by atoms with Crippen LogP contribution < -0.4 is 5.32 Å². The van der Waals surface area contributed by atoms with Crippen molar-refractivity contribution < 1.29 is 8.42 Å². The fraction of sp³-hybridized carbons (Fsp3) is 0.316. The average Bonchev–Trinajstić information content (AvgIpc) is 3.17. The Morgan fingerprint density at radius 3 is 2.50 bits per heavy atom. The predicted octanol–water partition coefficient (Wildman–Crippen LogP) is 2.52. The van der Waals surface area contributed by atoms with Crippen molar-refractivity contribution in [3.8, 4) is 0 Å². The molecule has 0 saturated carbocycles. The first-order valence-corrected chi connectivity index (χ1v) is 10.6. The molecule has 8 nitrogen and oxygen atoms in total. The Hall–Kier alpha value is -2.78. The summed E-state index contributed by atoms with van der Waals surface area (Å²) >= 11 is 0. The smallest absolute Gasteiger partial charge is 0.262 e. The molecule has 4 heterocycles. The molecular formula is C19H22N6O2S. The maximum atomic E-state index is 12.7. The molecule has 1 aliphatic rings. The Bertz CT molecular complexity index is 1030. The first-order valence-electron chi connectivity index (χ1n) is 9.14. The van der Waals surface area contributed by atoms with E-state index in [-0.39, 0.29) is 10.9 Å². The molecule has 0 atom stereocenters. The average molecular weight is 398 g/mol. The minimum Gasteiger partial charge on any atom is -0.339 e. The molecule has 1 saturated heterocycles. The second kappa shape index (κ2) is 7.69. The highest BCUT2D eigenvalue weighted by Crippen LogP contribution is 2.30. The number of hydrogen-bond donors (Lipinski definition) is 1. The van der Waals surface area contributed by atoms with Crippen molar-refractivity contribution in [2.75, 3.05) is 18.4 Å². The van der Waals surface area contributed by atoms with E-state index >= 15 is 0 Å². The van der Waals surface area contributed by atoms with Gasteiger partial charge in [-0.3, -0.25) is 4.98 Å². The van der Waals surface area contributed by atoms with Crippen LogP contribution in [-0.2, 0) is 17.1 Å². The van der Waals surface area contributed by atoms with Gasteiger partial charge in [-0.1, -0.05) is 6.07 Å².